The number of carbonyl (C=O) groups is 1. The zero-order valence-electron chi connectivity index (χ0n) is 13.6. The fraction of sp³-hybridized carbons (Fsp3) is 0.588. The Bertz CT molecular complexity index is 609. The largest absolute Gasteiger partial charge is 0.444 e. The lowest BCUT2D eigenvalue weighted by molar-refractivity contribution is 0.0248. The quantitative estimate of drug-likeness (QED) is 0.700. The van der Waals surface area contributed by atoms with E-state index in [0.29, 0.717) is 12.5 Å². The van der Waals surface area contributed by atoms with Gasteiger partial charge in [0.05, 0.1) is 0 Å². The Hall–Kier alpha value is -1.23. The highest BCUT2D eigenvalue weighted by atomic mass is 79.9. The van der Waals surface area contributed by atoms with Crippen LogP contribution in [0.5, 0.6) is 0 Å². The number of anilines is 1. The minimum absolute atomic E-state index is 0.201. The fourth-order valence-electron chi connectivity index (χ4n) is 3.43. The van der Waals surface area contributed by atoms with Crippen LogP contribution in [0, 0.1) is 0 Å². The third kappa shape index (κ3) is 2.83. The van der Waals surface area contributed by atoms with Gasteiger partial charge in [0.25, 0.3) is 0 Å². The number of benzene rings is 1. The molecule has 0 bridgehead atoms. The predicted molar refractivity (Wildman–Crippen MR) is 91.7 cm³/mol. The molecule has 2 aliphatic rings. The second-order valence-electron chi connectivity index (χ2n) is 7.21. The Morgan fingerprint density at radius 3 is 2.73 bits per heavy atom. The van der Waals surface area contributed by atoms with Gasteiger partial charge < -0.3 is 14.5 Å². The Morgan fingerprint density at radius 1 is 1.32 bits per heavy atom. The van der Waals surface area contributed by atoms with Gasteiger partial charge in [0.2, 0.25) is 0 Å². The predicted octanol–water partition coefficient (Wildman–Crippen LogP) is 3.78. The molecule has 1 atom stereocenters. The van der Waals surface area contributed by atoms with Gasteiger partial charge in [0, 0.05) is 42.8 Å². The maximum atomic E-state index is 12.4. The molecule has 4 nitrogen and oxygen atoms in total. The fourth-order valence-corrected chi connectivity index (χ4v) is 3.98. The van der Waals surface area contributed by atoms with E-state index in [1.165, 1.54) is 16.8 Å². The first-order chi connectivity index (χ1) is 10.3. The number of halogens is 1. The van der Waals surface area contributed by atoms with Gasteiger partial charge in [0.1, 0.15) is 5.60 Å². The Kier molecular flexibility index (Phi) is 3.87. The number of hydrogen-bond donors (Lipinski definition) is 0. The molecule has 0 fully saturated rings. The lowest BCUT2D eigenvalue weighted by Crippen LogP contribution is -2.39. The molecule has 3 rings (SSSR count). The summed E-state index contributed by atoms with van der Waals surface area (Å²) in [7, 11) is 2.12. The molecule has 1 unspecified atom stereocenters. The summed E-state index contributed by atoms with van der Waals surface area (Å²) in [5.74, 6) is 0.363. The summed E-state index contributed by atoms with van der Waals surface area (Å²) in [5, 5.41) is 0. The van der Waals surface area contributed by atoms with Crippen LogP contribution in [-0.4, -0.2) is 43.3 Å². The van der Waals surface area contributed by atoms with Crippen LogP contribution in [-0.2, 0) is 11.2 Å². The van der Waals surface area contributed by atoms with Crippen molar-refractivity contribution in [3.05, 3.63) is 27.7 Å². The van der Waals surface area contributed by atoms with Crippen LogP contribution in [0.4, 0.5) is 10.5 Å². The lowest BCUT2D eigenvalue weighted by Gasteiger charge is -2.28. The molecule has 0 spiro atoms. The Morgan fingerprint density at radius 2 is 2.05 bits per heavy atom. The topological polar surface area (TPSA) is 32.8 Å². The molecule has 2 aliphatic heterocycles. The van der Waals surface area contributed by atoms with Gasteiger partial charge in [-0.15, -0.1) is 0 Å². The monoisotopic (exact) mass is 366 g/mol. The first kappa shape index (κ1) is 15.7. The molecule has 5 heteroatoms. The summed E-state index contributed by atoms with van der Waals surface area (Å²) in [5.41, 5.74) is 3.60. The minimum atomic E-state index is -0.450. The van der Waals surface area contributed by atoms with Crippen molar-refractivity contribution in [1.29, 1.82) is 0 Å². The highest BCUT2D eigenvalue weighted by Gasteiger charge is 2.35. The number of rotatable bonds is 0. The zero-order chi connectivity index (χ0) is 16.1. The van der Waals surface area contributed by atoms with Crippen molar-refractivity contribution in [3.8, 4) is 0 Å². The highest BCUT2D eigenvalue weighted by molar-refractivity contribution is 9.10. The van der Waals surface area contributed by atoms with Crippen LogP contribution in [0.15, 0.2) is 16.6 Å². The molecule has 1 aromatic carbocycles. The van der Waals surface area contributed by atoms with E-state index in [0.717, 1.165) is 24.0 Å². The average molecular weight is 367 g/mol. The van der Waals surface area contributed by atoms with Gasteiger partial charge in [-0.2, -0.15) is 0 Å². The summed E-state index contributed by atoms with van der Waals surface area (Å²) >= 11 is 3.68. The van der Waals surface area contributed by atoms with Crippen molar-refractivity contribution < 1.29 is 9.53 Å². The number of hydrogen-bond acceptors (Lipinski definition) is 3. The van der Waals surface area contributed by atoms with E-state index < -0.39 is 5.60 Å². The first-order valence-electron chi connectivity index (χ1n) is 7.76. The summed E-state index contributed by atoms with van der Waals surface area (Å²) in [6, 6.07) is 4.29. The van der Waals surface area contributed by atoms with Crippen molar-refractivity contribution in [2.45, 2.75) is 38.7 Å². The average Bonchev–Trinajstić information content (AvgIpc) is 2.59. The molecule has 0 radical (unpaired) electrons. The van der Waals surface area contributed by atoms with Gasteiger partial charge in [-0.05, 0) is 50.5 Å². The van der Waals surface area contributed by atoms with E-state index in [4.69, 9.17) is 4.74 Å². The Labute approximate surface area is 140 Å². The standard InChI is InChI=1S/C17H23BrN2O2/c1-17(2,3)22-16(21)20-8-7-12-13(18)5-6-14-15(12)11(10-20)9-19(14)4/h5-6,11H,7-10H2,1-4H3. The van der Waals surface area contributed by atoms with Crippen LogP contribution < -0.4 is 4.90 Å². The van der Waals surface area contributed by atoms with Gasteiger partial charge >= 0.3 is 6.09 Å². The van der Waals surface area contributed by atoms with Gasteiger partial charge in [-0.3, -0.25) is 0 Å². The minimum Gasteiger partial charge on any atom is -0.444 e. The third-order valence-electron chi connectivity index (χ3n) is 4.31. The highest BCUT2D eigenvalue weighted by Crippen LogP contribution is 2.42. The summed E-state index contributed by atoms with van der Waals surface area (Å²) in [4.78, 5) is 16.6. The van der Waals surface area contributed by atoms with Gasteiger partial charge in [-0.1, -0.05) is 15.9 Å². The molecule has 0 aromatic heterocycles. The van der Waals surface area contributed by atoms with Crippen LogP contribution in [0.2, 0.25) is 0 Å². The molecule has 0 saturated heterocycles. The van der Waals surface area contributed by atoms with Crippen LogP contribution >= 0.6 is 15.9 Å². The lowest BCUT2D eigenvalue weighted by atomic mass is 9.95. The number of likely N-dealkylation sites (N-methyl/N-ethyl adjacent to an activating group) is 1. The zero-order valence-corrected chi connectivity index (χ0v) is 15.2. The molecular formula is C17H23BrN2O2. The molecule has 1 amide bonds. The van der Waals surface area contributed by atoms with Gasteiger partial charge in [0.15, 0.2) is 0 Å². The molecular weight excluding hydrogens is 344 g/mol. The van der Waals surface area contributed by atoms with Gasteiger partial charge in [-0.25, -0.2) is 4.79 Å². The molecule has 1 aromatic rings. The number of amides is 1. The smallest absolute Gasteiger partial charge is 0.410 e. The van der Waals surface area contributed by atoms with Crippen LogP contribution in [0.25, 0.3) is 0 Å². The molecule has 2 heterocycles. The molecule has 0 N–H and O–H groups in total. The maximum Gasteiger partial charge on any atom is 0.410 e. The molecule has 22 heavy (non-hydrogen) atoms. The molecule has 120 valence electrons. The first-order valence-corrected chi connectivity index (χ1v) is 8.56. The van der Waals surface area contributed by atoms with E-state index in [2.05, 4.69) is 40.0 Å². The summed E-state index contributed by atoms with van der Waals surface area (Å²) < 4.78 is 6.71. The van der Waals surface area contributed by atoms with Crippen LogP contribution in [0.1, 0.15) is 37.8 Å². The SMILES string of the molecule is CN1CC2CN(C(=O)OC(C)(C)C)CCc3c(Br)ccc1c32. The van der Waals surface area contributed by atoms with Crippen molar-refractivity contribution in [2.24, 2.45) is 0 Å². The van der Waals surface area contributed by atoms with E-state index >= 15 is 0 Å². The van der Waals surface area contributed by atoms with Crippen LogP contribution in [0.3, 0.4) is 0 Å². The Balaban J connectivity index is 1.88. The second-order valence-corrected chi connectivity index (χ2v) is 8.07. The van der Waals surface area contributed by atoms with Crippen molar-refractivity contribution in [2.75, 3.05) is 31.6 Å². The maximum absolute atomic E-state index is 12.4. The van der Waals surface area contributed by atoms with Crippen molar-refractivity contribution >= 4 is 27.7 Å². The van der Waals surface area contributed by atoms with Crippen molar-refractivity contribution in [3.63, 3.8) is 0 Å². The van der Waals surface area contributed by atoms with E-state index in [-0.39, 0.29) is 6.09 Å². The summed E-state index contributed by atoms with van der Waals surface area (Å²) in [6.45, 7) is 8.14. The van der Waals surface area contributed by atoms with Crippen molar-refractivity contribution in [1.82, 2.24) is 4.90 Å². The van der Waals surface area contributed by atoms with E-state index in [1.807, 2.05) is 25.7 Å². The van der Waals surface area contributed by atoms with E-state index in [9.17, 15) is 4.79 Å². The molecule has 0 saturated carbocycles. The summed E-state index contributed by atoms with van der Waals surface area (Å²) in [6.07, 6.45) is 0.667. The van der Waals surface area contributed by atoms with E-state index in [1.54, 1.807) is 0 Å². The number of carbonyl (C=O) groups excluding carboxylic acids is 1. The number of nitrogens with zero attached hydrogens (tertiary/aromatic N) is 2. The second kappa shape index (κ2) is 5.44. The molecule has 0 aliphatic carbocycles. The third-order valence-corrected chi connectivity index (χ3v) is 5.06. The normalized spacial score (nSPS) is 20.7. The number of ether oxygens (including phenoxy) is 1.